The zero-order chi connectivity index (χ0) is 43.0. The smallest absolute Gasteiger partial charge is 0.332 e. The summed E-state index contributed by atoms with van der Waals surface area (Å²) in [5.74, 6) is 0. The maximum absolute atomic E-state index is 11.5. The van der Waals surface area contributed by atoms with E-state index in [0.717, 1.165) is 50.4 Å². The fourth-order valence-corrected chi connectivity index (χ4v) is 7.46. The van der Waals surface area contributed by atoms with Gasteiger partial charge in [-0.05, 0) is 53.5 Å². The lowest BCUT2D eigenvalue weighted by Gasteiger charge is -2.39. The van der Waals surface area contributed by atoms with Gasteiger partial charge in [0.05, 0.1) is 12.6 Å². The van der Waals surface area contributed by atoms with E-state index in [4.69, 9.17) is 16.3 Å². The van der Waals surface area contributed by atoms with Crippen LogP contribution in [0.4, 0.5) is 0 Å². The third-order valence-corrected chi connectivity index (χ3v) is 10.7. The summed E-state index contributed by atoms with van der Waals surface area (Å²) in [7, 11) is 7.05. The maximum atomic E-state index is 11.5. The molecule has 0 bridgehead atoms. The lowest BCUT2D eigenvalue weighted by molar-refractivity contribution is 0.0687. The van der Waals surface area contributed by atoms with Crippen LogP contribution in [0, 0.1) is 0 Å². The highest BCUT2D eigenvalue weighted by Gasteiger charge is 2.26. The Labute approximate surface area is 363 Å². The normalized spacial score (nSPS) is 13.4. The Balaban J connectivity index is 0.000000164. The molecule has 0 radical (unpaired) electrons. The van der Waals surface area contributed by atoms with Crippen LogP contribution in [0.25, 0.3) is 17.2 Å². The molecule has 316 valence electrons. The number of likely N-dealkylation sites (N-methyl/N-ethyl adjacent to an activating group) is 1. The van der Waals surface area contributed by atoms with Crippen molar-refractivity contribution >= 4 is 28.8 Å². The summed E-state index contributed by atoms with van der Waals surface area (Å²) in [6.07, 6.45) is 4.53. The van der Waals surface area contributed by atoms with Crippen LogP contribution in [0.3, 0.4) is 0 Å². The molecule has 0 amide bonds. The number of rotatable bonds is 12. The van der Waals surface area contributed by atoms with E-state index < -0.39 is 11.2 Å². The van der Waals surface area contributed by atoms with Gasteiger partial charge in [-0.15, -0.1) is 0 Å². The van der Waals surface area contributed by atoms with Crippen molar-refractivity contribution in [1.82, 2.24) is 33.8 Å². The number of nitrogens with one attached hydrogen (secondary N) is 1. The van der Waals surface area contributed by atoms with Crippen LogP contribution in [-0.2, 0) is 18.8 Å². The third-order valence-electron chi connectivity index (χ3n) is 10.6. The van der Waals surface area contributed by atoms with Crippen LogP contribution < -0.4 is 11.2 Å². The Bertz CT molecular complexity index is 2420. The van der Waals surface area contributed by atoms with Crippen LogP contribution >= 0.6 is 11.6 Å². The second-order valence-corrected chi connectivity index (χ2v) is 15.5. The van der Waals surface area contributed by atoms with Gasteiger partial charge in [0.1, 0.15) is 6.10 Å². The lowest BCUT2D eigenvalue weighted by atomic mass is 9.96. The molecular formula is C50H56ClN7O3. The summed E-state index contributed by atoms with van der Waals surface area (Å²) >= 11 is 5.60. The topological polar surface area (TPSA) is 91.6 Å². The molecule has 1 aliphatic rings. The van der Waals surface area contributed by atoms with Crippen molar-refractivity contribution in [3.63, 3.8) is 0 Å². The van der Waals surface area contributed by atoms with Crippen molar-refractivity contribution in [2.75, 3.05) is 60.0 Å². The van der Waals surface area contributed by atoms with Crippen LogP contribution in [0.2, 0.25) is 5.28 Å². The predicted octanol–water partition coefficient (Wildman–Crippen LogP) is 8.07. The largest absolute Gasteiger partial charge is 0.367 e. The summed E-state index contributed by atoms with van der Waals surface area (Å²) in [5, 5.41) is 0.0956. The number of ether oxygens (including phenoxy) is 1. The first-order valence-electron chi connectivity index (χ1n) is 20.6. The number of halogens is 1. The van der Waals surface area contributed by atoms with Gasteiger partial charge in [-0.25, -0.2) is 4.79 Å². The number of nitrogens with zero attached hydrogens (tertiary/aromatic N) is 6. The standard InChI is InChI=1S/C26H28N2.C17H21NO.C7H7ClN4O2/c1-4-11-23(12-5-1)13-10-18-27-19-21-28(22-20-27)26(24-14-6-2-7-15-24)25-16-8-3-9-17-25;1-18(2)13-14-19-17(15-9-5-3-6-10-15)16-11-7-4-8-12-16;1-11-4-3(9-6(8)10-4)5(13)12(2)7(11)14/h1-17,26H,18-22H2;3-12,17H,13-14H2,1-2H3;1-2H3,(H,9,10)/b13-10+;;. The van der Waals surface area contributed by atoms with E-state index in [1.54, 1.807) is 0 Å². The number of piperazine rings is 1. The van der Waals surface area contributed by atoms with Gasteiger partial charge in [0.25, 0.3) is 5.56 Å². The molecule has 0 aliphatic carbocycles. The van der Waals surface area contributed by atoms with Crippen molar-refractivity contribution in [2.45, 2.75) is 12.1 Å². The first kappa shape index (κ1) is 44.7. The van der Waals surface area contributed by atoms with Crippen molar-refractivity contribution in [3.8, 4) is 0 Å². The maximum Gasteiger partial charge on any atom is 0.332 e. The molecule has 1 saturated heterocycles. The van der Waals surface area contributed by atoms with Gasteiger partial charge in [0, 0.05) is 53.4 Å². The molecule has 1 fully saturated rings. The van der Waals surface area contributed by atoms with Gasteiger partial charge >= 0.3 is 5.69 Å². The average molecular weight is 838 g/mol. The van der Waals surface area contributed by atoms with Crippen molar-refractivity contribution in [2.24, 2.45) is 14.1 Å². The van der Waals surface area contributed by atoms with E-state index in [0.29, 0.717) is 6.04 Å². The van der Waals surface area contributed by atoms with Gasteiger partial charge in [0.15, 0.2) is 11.2 Å². The molecule has 0 atom stereocenters. The van der Waals surface area contributed by atoms with Gasteiger partial charge in [-0.1, -0.05) is 164 Å². The SMILES string of the molecule is C(=C\c1ccccc1)/CN1CCN(C(c2ccccc2)c2ccccc2)CC1.CN(C)CCOC(c1ccccc1)c1ccccc1.Cn1c(=O)c2[nH]c(Cl)nc2n(C)c1=O. The molecule has 0 saturated carbocycles. The highest BCUT2D eigenvalue weighted by molar-refractivity contribution is 6.29. The number of aromatic amines is 1. The molecule has 10 nitrogen and oxygen atoms in total. The van der Waals surface area contributed by atoms with Crippen LogP contribution in [-0.4, -0.2) is 93.8 Å². The van der Waals surface area contributed by atoms with E-state index >= 15 is 0 Å². The monoisotopic (exact) mass is 837 g/mol. The Hall–Kier alpha value is -5.88. The fraction of sp³-hybridized carbons (Fsp3) is 0.260. The molecule has 2 aromatic heterocycles. The number of hydrogen-bond donors (Lipinski definition) is 1. The summed E-state index contributed by atoms with van der Waals surface area (Å²) in [4.78, 5) is 36.7. The van der Waals surface area contributed by atoms with Crippen molar-refractivity contribution < 1.29 is 4.74 Å². The Morgan fingerprint density at radius 3 is 1.66 bits per heavy atom. The average Bonchev–Trinajstić information content (AvgIpc) is 3.71. The van der Waals surface area contributed by atoms with Gasteiger partial charge in [-0.2, -0.15) is 4.98 Å². The summed E-state index contributed by atoms with van der Waals surface area (Å²) in [6.45, 7) is 7.06. The molecule has 1 N–H and O–H groups in total. The number of aryl methyl sites for hydroxylation is 1. The van der Waals surface area contributed by atoms with E-state index in [2.05, 4.69) is 190 Å². The fourth-order valence-electron chi connectivity index (χ4n) is 7.28. The first-order chi connectivity index (χ1) is 29.7. The molecule has 0 spiro atoms. The zero-order valence-corrected chi connectivity index (χ0v) is 36.2. The zero-order valence-electron chi connectivity index (χ0n) is 35.5. The first-order valence-corrected chi connectivity index (χ1v) is 21.0. The number of fused-ring (bicyclic) bond motifs is 1. The minimum atomic E-state index is -0.428. The minimum Gasteiger partial charge on any atom is -0.367 e. The molecule has 61 heavy (non-hydrogen) atoms. The Morgan fingerprint density at radius 1 is 0.689 bits per heavy atom. The second kappa shape index (κ2) is 22.6. The Morgan fingerprint density at radius 2 is 1.16 bits per heavy atom. The van der Waals surface area contributed by atoms with E-state index in [1.165, 1.54) is 46.5 Å². The summed E-state index contributed by atoms with van der Waals surface area (Å²) in [5.41, 5.74) is 6.09. The highest BCUT2D eigenvalue weighted by Crippen LogP contribution is 2.29. The molecule has 5 aromatic carbocycles. The number of H-pyrrole nitrogens is 1. The van der Waals surface area contributed by atoms with Gasteiger partial charge in [-0.3, -0.25) is 23.7 Å². The van der Waals surface area contributed by atoms with Crippen molar-refractivity contribution in [1.29, 1.82) is 0 Å². The molecule has 11 heteroatoms. The predicted molar refractivity (Wildman–Crippen MR) is 249 cm³/mol. The number of hydrogen-bond acceptors (Lipinski definition) is 7. The van der Waals surface area contributed by atoms with Crippen molar-refractivity contribution in [3.05, 3.63) is 212 Å². The number of imidazole rings is 1. The highest BCUT2D eigenvalue weighted by atomic mass is 35.5. The third kappa shape index (κ3) is 12.6. The molecule has 0 unspecified atom stereocenters. The number of benzene rings is 5. The van der Waals surface area contributed by atoms with Crippen LogP contribution in [0.1, 0.15) is 40.0 Å². The molecule has 8 rings (SSSR count). The molecule has 1 aliphatic heterocycles. The minimum absolute atomic E-state index is 0.0161. The number of aromatic nitrogens is 4. The van der Waals surface area contributed by atoms with E-state index in [9.17, 15) is 9.59 Å². The quantitative estimate of drug-likeness (QED) is 0.125. The molecule has 7 aromatic rings. The van der Waals surface area contributed by atoms with Gasteiger partial charge < -0.3 is 14.6 Å². The van der Waals surface area contributed by atoms with E-state index in [1.807, 2.05) is 12.1 Å². The second-order valence-electron chi connectivity index (χ2n) is 15.2. The van der Waals surface area contributed by atoms with Gasteiger partial charge in [0.2, 0.25) is 5.28 Å². The molecule has 3 heterocycles. The lowest BCUT2D eigenvalue weighted by Crippen LogP contribution is -2.47. The Kier molecular flexibility index (Phi) is 16.6. The van der Waals surface area contributed by atoms with Crippen LogP contribution in [0.5, 0.6) is 0 Å². The summed E-state index contributed by atoms with van der Waals surface area (Å²) < 4.78 is 8.34. The van der Waals surface area contributed by atoms with Crippen LogP contribution in [0.15, 0.2) is 167 Å². The van der Waals surface area contributed by atoms with E-state index in [-0.39, 0.29) is 22.6 Å². The molecular weight excluding hydrogens is 782 g/mol. The summed E-state index contributed by atoms with van der Waals surface area (Å²) in [6, 6.07) is 53.5.